The van der Waals surface area contributed by atoms with E-state index in [1.807, 2.05) is 18.4 Å². The second-order valence-corrected chi connectivity index (χ2v) is 4.51. The molecule has 0 aromatic carbocycles. The zero-order chi connectivity index (χ0) is 12.3. The molecule has 2 aromatic heterocycles. The highest BCUT2D eigenvalue weighted by Crippen LogP contribution is 2.22. The summed E-state index contributed by atoms with van der Waals surface area (Å²) in [5.74, 6) is -0.137. The molecule has 0 fully saturated rings. The predicted molar refractivity (Wildman–Crippen MR) is 67.3 cm³/mol. The van der Waals surface area contributed by atoms with Crippen LogP contribution in [0.2, 0.25) is 0 Å². The van der Waals surface area contributed by atoms with Crippen LogP contribution in [0.1, 0.15) is 10.4 Å². The fourth-order valence-corrected chi connectivity index (χ4v) is 2.29. The molecule has 2 aromatic rings. The maximum Gasteiger partial charge on any atom is 0.386 e. The molecule has 0 aliphatic carbocycles. The molecule has 17 heavy (non-hydrogen) atoms. The summed E-state index contributed by atoms with van der Waals surface area (Å²) in [6, 6.07) is 5.37. The van der Waals surface area contributed by atoms with E-state index < -0.39 is 4.92 Å². The van der Waals surface area contributed by atoms with Gasteiger partial charge in [0.05, 0.1) is 0 Å². The summed E-state index contributed by atoms with van der Waals surface area (Å²) in [7, 11) is 0. The van der Waals surface area contributed by atoms with E-state index in [0.717, 1.165) is 0 Å². The van der Waals surface area contributed by atoms with Gasteiger partial charge in [0.15, 0.2) is 0 Å². The predicted octanol–water partition coefficient (Wildman–Crippen LogP) is 2.97. The quantitative estimate of drug-likeness (QED) is 0.668. The zero-order valence-corrected chi connectivity index (χ0v) is 10.0. The van der Waals surface area contributed by atoms with Crippen LogP contribution in [0.5, 0.6) is 0 Å². The summed E-state index contributed by atoms with van der Waals surface area (Å²) in [5, 5.41) is 15.8. The van der Waals surface area contributed by atoms with Crippen molar-refractivity contribution < 1.29 is 4.92 Å². The van der Waals surface area contributed by atoms with Gasteiger partial charge in [-0.15, -0.1) is 11.3 Å². The number of hydrogen-bond donors (Lipinski definition) is 1. The van der Waals surface area contributed by atoms with Crippen molar-refractivity contribution in [2.24, 2.45) is 0 Å². The largest absolute Gasteiger partial charge is 0.386 e. The number of thiophene rings is 1. The molecule has 0 saturated carbocycles. The fraction of sp³-hybridized carbons (Fsp3) is 0.182. The minimum atomic E-state index is -0.483. The maximum atomic E-state index is 10.8. The minimum Gasteiger partial charge on any atom is -0.373 e. The van der Waals surface area contributed by atoms with Crippen molar-refractivity contribution in [1.82, 2.24) is 4.98 Å². The van der Waals surface area contributed by atoms with Gasteiger partial charge in [-0.05, 0) is 46.0 Å². The number of aryl methyl sites for hydroxylation is 1. The smallest absolute Gasteiger partial charge is 0.373 e. The number of aromatic nitrogens is 1. The van der Waals surface area contributed by atoms with Gasteiger partial charge in [0.25, 0.3) is 0 Å². The molecule has 0 radical (unpaired) electrons. The normalized spacial score (nSPS) is 10.2. The third-order valence-corrected chi connectivity index (χ3v) is 3.39. The van der Waals surface area contributed by atoms with Crippen molar-refractivity contribution in [2.45, 2.75) is 13.5 Å². The van der Waals surface area contributed by atoms with E-state index in [1.54, 1.807) is 23.5 Å². The Kier molecular flexibility index (Phi) is 3.34. The monoisotopic (exact) mass is 249 g/mol. The van der Waals surface area contributed by atoms with Crippen LogP contribution in [-0.2, 0) is 6.54 Å². The first kappa shape index (κ1) is 11.5. The molecule has 0 bridgehead atoms. The lowest BCUT2D eigenvalue weighted by Crippen LogP contribution is -2.03. The summed E-state index contributed by atoms with van der Waals surface area (Å²) in [5.41, 5.74) is 1.64. The average molecular weight is 249 g/mol. The van der Waals surface area contributed by atoms with Crippen molar-refractivity contribution in [1.29, 1.82) is 0 Å². The first-order valence-electron chi connectivity index (χ1n) is 5.04. The van der Waals surface area contributed by atoms with Crippen molar-refractivity contribution in [3.05, 3.63) is 50.3 Å². The Morgan fingerprint density at radius 3 is 3.00 bits per heavy atom. The lowest BCUT2D eigenvalue weighted by Gasteiger charge is -2.05. The van der Waals surface area contributed by atoms with Crippen LogP contribution in [0.4, 0.5) is 11.5 Å². The van der Waals surface area contributed by atoms with E-state index in [-0.39, 0.29) is 5.82 Å². The molecule has 0 atom stereocenters. The van der Waals surface area contributed by atoms with Crippen LogP contribution >= 0.6 is 11.3 Å². The Labute approximate surface area is 102 Å². The van der Waals surface area contributed by atoms with Gasteiger partial charge in [0.1, 0.15) is 11.9 Å². The summed E-state index contributed by atoms with van der Waals surface area (Å²) in [6.07, 6.45) is 1.42. The number of hydrogen-bond acceptors (Lipinski definition) is 5. The molecule has 0 spiro atoms. The maximum absolute atomic E-state index is 10.8. The molecule has 88 valence electrons. The van der Waals surface area contributed by atoms with Gasteiger partial charge in [0.2, 0.25) is 0 Å². The Morgan fingerprint density at radius 1 is 1.53 bits per heavy atom. The van der Waals surface area contributed by atoms with Crippen molar-refractivity contribution >= 4 is 22.8 Å². The number of nitrogens with one attached hydrogen (secondary N) is 1. The SMILES string of the molecule is Cc1ccsc1CNc1cccnc1[N+](=O)[O-]. The Morgan fingerprint density at radius 2 is 2.35 bits per heavy atom. The van der Waals surface area contributed by atoms with Gasteiger partial charge in [0, 0.05) is 11.4 Å². The Balaban J connectivity index is 2.14. The van der Waals surface area contributed by atoms with Crippen LogP contribution in [0, 0.1) is 17.0 Å². The fourth-order valence-electron chi connectivity index (χ4n) is 1.44. The third kappa shape index (κ3) is 2.59. The molecule has 0 aliphatic rings. The standard InChI is InChI=1S/C11H11N3O2S/c1-8-4-6-17-10(8)7-13-9-3-2-5-12-11(9)14(15)16/h2-6,13H,7H2,1H3. The third-order valence-electron chi connectivity index (χ3n) is 2.37. The van der Waals surface area contributed by atoms with Crippen LogP contribution < -0.4 is 5.32 Å². The van der Waals surface area contributed by atoms with E-state index in [9.17, 15) is 10.1 Å². The lowest BCUT2D eigenvalue weighted by atomic mass is 10.3. The number of nitro groups is 1. The van der Waals surface area contributed by atoms with Crippen molar-refractivity contribution in [3.63, 3.8) is 0 Å². The number of anilines is 1. The van der Waals surface area contributed by atoms with Crippen LogP contribution in [0.3, 0.4) is 0 Å². The summed E-state index contributed by atoms with van der Waals surface area (Å²) in [4.78, 5) is 15.2. The van der Waals surface area contributed by atoms with E-state index in [2.05, 4.69) is 10.3 Å². The van der Waals surface area contributed by atoms with Crippen LogP contribution in [0.15, 0.2) is 29.8 Å². The number of rotatable bonds is 4. The Bertz CT molecular complexity index is 539. The van der Waals surface area contributed by atoms with Crippen molar-refractivity contribution in [2.75, 3.05) is 5.32 Å². The second kappa shape index (κ2) is 4.92. The highest BCUT2D eigenvalue weighted by atomic mass is 32.1. The number of pyridine rings is 1. The lowest BCUT2D eigenvalue weighted by molar-refractivity contribution is -0.388. The van der Waals surface area contributed by atoms with Gasteiger partial charge in [-0.25, -0.2) is 0 Å². The molecule has 2 rings (SSSR count). The molecule has 0 amide bonds. The topological polar surface area (TPSA) is 68.1 Å². The minimum absolute atomic E-state index is 0.137. The van der Waals surface area contributed by atoms with E-state index >= 15 is 0 Å². The van der Waals surface area contributed by atoms with E-state index in [0.29, 0.717) is 12.2 Å². The molecule has 0 saturated heterocycles. The summed E-state index contributed by atoms with van der Waals surface area (Å²) >= 11 is 1.63. The molecule has 6 heteroatoms. The van der Waals surface area contributed by atoms with E-state index in [4.69, 9.17) is 0 Å². The highest BCUT2D eigenvalue weighted by molar-refractivity contribution is 7.10. The highest BCUT2D eigenvalue weighted by Gasteiger charge is 2.13. The average Bonchev–Trinajstić information content (AvgIpc) is 2.72. The first-order valence-corrected chi connectivity index (χ1v) is 5.92. The second-order valence-electron chi connectivity index (χ2n) is 3.51. The zero-order valence-electron chi connectivity index (χ0n) is 9.21. The molecule has 0 aliphatic heterocycles. The molecule has 5 nitrogen and oxygen atoms in total. The summed E-state index contributed by atoms with van der Waals surface area (Å²) in [6.45, 7) is 2.60. The van der Waals surface area contributed by atoms with Gasteiger partial charge in [-0.1, -0.05) is 0 Å². The van der Waals surface area contributed by atoms with Crippen LogP contribution in [-0.4, -0.2) is 9.91 Å². The van der Waals surface area contributed by atoms with Gasteiger partial charge in [-0.3, -0.25) is 0 Å². The molecular weight excluding hydrogens is 238 g/mol. The van der Waals surface area contributed by atoms with Crippen molar-refractivity contribution in [3.8, 4) is 0 Å². The molecule has 0 unspecified atom stereocenters. The molecule has 1 N–H and O–H groups in total. The molecule has 2 heterocycles. The number of nitrogens with zero attached hydrogens (tertiary/aromatic N) is 2. The Hall–Kier alpha value is -1.95. The van der Waals surface area contributed by atoms with Gasteiger partial charge in [-0.2, -0.15) is 0 Å². The summed E-state index contributed by atoms with van der Waals surface area (Å²) < 4.78 is 0. The van der Waals surface area contributed by atoms with Gasteiger partial charge < -0.3 is 15.4 Å². The van der Waals surface area contributed by atoms with E-state index in [1.165, 1.54) is 16.6 Å². The van der Waals surface area contributed by atoms with Crippen LogP contribution in [0.25, 0.3) is 0 Å². The molecular formula is C11H11N3O2S. The first-order chi connectivity index (χ1) is 8.18. The van der Waals surface area contributed by atoms with Gasteiger partial charge >= 0.3 is 5.82 Å².